The molecule has 82 valence electrons. The average molecular weight is 205 g/mol. The molecule has 0 radical (unpaired) electrons. The quantitative estimate of drug-likeness (QED) is 0.810. The van der Waals surface area contributed by atoms with Gasteiger partial charge < -0.3 is 5.32 Å². The Kier molecular flexibility index (Phi) is 2.28. The first-order valence-corrected chi connectivity index (χ1v) is 6.06. The molecule has 0 spiro atoms. The lowest BCUT2D eigenvalue weighted by atomic mass is 9.72. The molecule has 1 aromatic rings. The van der Waals surface area contributed by atoms with E-state index in [9.17, 15) is 0 Å². The molecule has 0 amide bonds. The van der Waals surface area contributed by atoms with Crippen molar-refractivity contribution in [3.63, 3.8) is 0 Å². The van der Waals surface area contributed by atoms with Gasteiger partial charge in [0.1, 0.15) is 0 Å². The summed E-state index contributed by atoms with van der Waals surface area (Å²) in [5.41, 5.74) is 1.42. The van der Waals surface area contributed by atoms with Gasteiger partial charge in [0.15, 0.2) is 0 Å². The van der Waals surface area contributed by atoms with Crippen molar-refractivity contribution in [1.29, 1.82) is 0 Å². The van der Waals surface area contributed by atoms with Gasteiger partial charge in [-0.25, -0.2) is 0 Å². The van der Waals surface area contributed by atoms with Gasteiger partial charge >= 0.3 is 0 Å². The van der Waals surface area contributed by atoms with Crippen LogP contribution in [0.25, 0.3) is 0 Å². The van der Waals surface area contributed by atoms with Gasteiger partial charge in [-0.15, -0.1) is 0 Å². The monoisotopic (exact) mass is 205 g/mol. The van der Waals surface area contributed by atoms with Crippen molar-refractivity contribution in [2.75, 3.05) is 6.54 Å². The van der Waals surface area contributed by atoms with E-state index in [1.165, 1.54) is 37.9 Å². The van der Waals surface area contributed by atoms with E-state index >= 15 is 0 Å². The third-order valence-corrected chi connectivity index (χ3v) is 3.90. The molecular formula is C12H19N3. The second-order valence-corrected chi connectivity index (χ2v) is 5.01. The molecule has 1 heterocycles. The van der Waals surface area contributed by atoms with Gasteiger partial charge in [0.2, 0.25) is 0 Å². The van der Waals surface area contributed by atoms with Crippen molar-refractivity contribution in [1.82, 2.24) is 15.1 Å². The molecule has 0 aromatic carbocycles. The van der Waals surface area contributed by atoms with Crippen LogP contribution in [0, 0.1) is 5.92 Å². The highest BCUT2D eigenvalue weighted by molar-refractivity contribution is 5.13. The summed E-state index contributed by atoms with van der Waals surface area (Å²) in [6.07, 6.45) is 7.43. The minimum Gasteiger partial charge on any atom is -0.314 e. The molecule has 3 heteroatoms. The summed E-state index contributed by atoms with van der Waals surface area (Å²) in [6.45, 7) is 1.21. The predicted octanol–water partition coefficient (Wildman–Crippen LogP) is 1.67. The number of nitrogens with zero attached hydrogens (tertiary/aromatic N) is 2. The van der Waals surface area contributed by atoms with Crippen LogP contribution in [0.5, 0.6) is 0 Å². The topological polar surface area (TPSA) is 29.9 Å². The van der Waals surface area contributed by atoms with Gasteiger partial charge in [-0.2, -0.15) is 5.10 Å². The van der Waals surface area contributed by atoms with Crippen LogP contribution in [0.4, 0.5) is 0 Å². The Morgan fingerprint density at radius 1 is 1.40 bits per heavy atom. The van der Waals surface area contributed by atoms with Crippen molar-refractivity contribution >= 4 is 0 Å². The Morgan fingerprint density at radius 3 is 2.80 bits per heavy atom. The van der Waals surface area contributed by atoms with Crippen molar-refractivity contribution in [3.05, 3.63) is 18.0 Å². The van der Waals surface area contributed by atoms with E-state index in [2.05, 4.69) is 23.5 Å². The van der Waals surface area contributed by atoms with Crippen molar-refractivity contribution < 1.29 is 0 Å². The van der Waals surface area contributed by atoms with Gasteiger partial charge in [0.25, 0.3) is 0 Å². The average Bonchev–Trinajstić information content (AvgIpc) is 2.91. The van der Waals surface area contributed by atoms with Crippen molar-refractivity contribution in [2.45, 2.75) is 37.6 Å². The first kappa shape index (κ1) is 9.40. The van der Waals surface area contributed by atoms with Gasteiger partial charge in [0.05, 0.1) is 0 Å². The predicted molar refractivity (Wildman–Crippen MR) is 59.7 cm³/mol. The van der Waals surface area contributed by atoms with Crippen LogP contribution in [0.1, 0.15) is 37.3 Å². The Labute approximate surface area is 90.9 Å². The van der Waals surface area contributed by atoms with Crippen LogP contribution in [0.3, 0.4) is 0 Å². The molecule has 2 atom stereocenters. The zero-order valence-electron chi connectivity index (χ0n) is 9.32. The summed E-state index contributed by atoms with van der Waals surface area (Å²) in [6, 6.07) is 3.02. The molecule has 1 N–H and O–H groups in total. The van der Waals surface area contributed by atoms with Crippen LogP contribution in [-0.2, 0) is 7.05 Å². The molecule has 0 bridgehead atoms. The molecule has 2 aliphatic rings. The first-order chi connectivity index (χ1) is 7.34. The van der Waals surface area contributed by atoms with E-state index in [1.807, 2.05) is 10.9 Å². The number of aryl methyl sites for hydroxylation is 1. The number of hydrogen-bond donors (Lipinski definition) is 1. The van der Waals surface area contributed by atoms with Crippen LogP contribution in [-0.4, -0.2) is 22.4 Å². The van der Waals surface area contributed by atoms with Gasteiger partial charge in [-0.3, -0.25) is 4.68 Å². The maximum Gasteiger partial charge on any atom is 0.0492 e. The summed E-state index contributed by atoms with van der Waals surface area (Å²) < 4.78 is 2.04. The smallest absolute Gasteiger partial charge is 0.0492 e. The minimum atomic E-state index is 0.753. The molecule has 2 unspecified atom stereocenters. The Hall–Kier alpha value is -0.830. The summed E-state index contributed by atoms with van der Waals surface area (Å²) >= 11 is 0. The number of hydrogen-bond acceptors (Lipinski definition) is 2. The first-order valence-electron chi connectivity index (χ1n) is 6.06. The fraction of sp³-hybridized carbons (Fsp3) is 0.750. The van der Waals surface area contributed by atoms with E-state index in [0.717, 1.165) is 17.9 Å². The third kappa shape index (κ3) is 1.81. The molecule has 0 saturated heterocycles. The Bertz CT molecular complexity index is 340. The number of rotatable bonds is 4. The van der Waals surface area contributed by atoms with Gasteiger partial charge in [-0.05, 0) is 44.2 Å². The second kappa shape index (κ2) is 3.63. The maximum atomic E-state index is 4.26. The highest BCUT2D eigenvalue weighted by atomic mass is 15.3. The van der Waals surface area contributed by atoms with Crippen molar-refractivity contribution in [3.8, 4) is 0 Å². The minimum absolute atomic E-state index is 0.753. The van der Waals surface area contributed by atoms with Crippen molar-refractivity contribution in [2.24, 2.45) is 13.0 Å². The maximum absolute atomic E-state index is 4.26. The molecular weight excluding hydrogens is 186 g/mol. The van der Waals surface area contributed by atoms with E-state index in [1.54, 1.807) is 0 Å². The summed E-state index contributed by atoms with van der Waals surface area (Å²) in [7, 11) is 2.05. The normalized spacial score (nSPS) is 30.2. The third-order valence-electron chi connectivity index (χ3n) is 3.90. The van der Waals surface area contributed by atoms with Crippen LogP contribution in [0.2, 0.25) is 0 Å². The van der Waals surface area contributed by atoms with E-state index in [0.29, 0.717) is 0 Å². The van der Waals surface area contributed by atoms with Crippen LogP contribution >= 0.6 is 0 Å². The molecule has 0 aliphatic heterocycles. The highest BCUT2D eigenvalue weighted by Gasteiger charge is 2.34. The fourth-order valence-corrected chi connectivity index (χ4v) is 2.56. The summed E-state index contributed by atoms with van der Waals surface area (Å²) in [5.74, 6) is 1.60. The molecule has 1 aromatic heterocycles. The van der Waals surface area contributed by atoms with E-state index < -0.39 is 0 Å². The lowest BCUT2D eigenvalue weighted by Gasteiger charge is -2.37. The SMILES string of the molecule is Cn1nccc1C1CCC1CNC1CC1. The lowest BCUT2D eigenvalue weighted by Crippen LogP contribution is -2.35. The fourth-order valence-electron chi connectivity index (χ4n) is 2.56. The lowest BCUT2D eigenvalue weighted by molar-refractivity contribution is 0.235. The number of nitrogens with one attached hydrogen (secondary N) is 1. The molecule has 2 fully saturated rings. The Balaban J connectivity index is 1.59. The standard InChI is InChI=1S/C12H19N3/c1-15-12(6-7-14-15)11-5-2-9(11)8-13-10-3-4-10/h6-7,9-11,13H,2-5,8H2,1H3. The molecule has 2 saturated carbocycles. The Morgan fingerprint density at radius 2 is 2.27 bits per heavy atom. The largest absolute Gasteiger partial charge is 0.314 e. The van der Waals surface area contributed by atoms with Gasteiger partial charge in [-0.1, -0.05) is 0 Å². The number of aromatic nitrogens is 2. The van der Waals surface area contributed by atoms with E-state index in [-0.39, 0.29) is 0 Å². The molecule has 2 aliphatic carbocycles. The molecule has 3 nitrogen and oxygen atoms in total. The zero-order valence-corrected chi connectivity index (χ0v) is 9.32. The summed E-state index contributed by atoms with van der Waals surface area (Å²) in [5, 5.41) is 7.90. The van der Waals surface area contributed by atoms with Gasteiger partial charge in [0, 0.05) is 30.9 Å². The molecule has 3 rings (SSSR count). The van der Waals surface area contributed by atoms with E-state index in [4.69, 9.17) is 0 Å². The zero-order chi connectivity index (χ0) is 10.3. The summed E-state index contributed by atoms with van der Waals surface area (Å²) in [4.78, 5) is 0. The van der Waals surface area contributed by atoms with Crippen LogP contribution < -0.4 is 5.32 Å². The molecule has 15 heavy (non-hydrogen) atoms. The highest BCUT2D eigenvalue weighted by Crippen LogP contribution is 2.42. The second-order valence-electron chi connectivity index (χ2n) is 5.01. The van der Waals surface area contributed by atoms with Crippen LogP contribution in [0.15, 0.2) is 12.3 Å².